The van der Waals surface area contributed by atoms with Gasteiger partial charge >= 0.3 is 0 Å². The van der Waals surface area contributed by atoms with Gasteiger partial charge in [-0.05, 0) is 38.7 Å². The Bertz CT molecular complexity index is 486. The number of aliphatic imine (C=N–C) groups is 1. The fraction of sp³-hybridized carbons (Fsp3) is 0.500. The Hall–Kier alpha value is -1.07. The van der Waals surface area contributed by atoms with E-state index in [4.69, 9.17) is 5.73 Å². The molecule has 1 aliphatic rings. The lowest BCUT2D eigenvalue weighted by molar-refractivity contribution is 0.205. The summed E-state index contributed by atoms with van der Waals surface area (Å²) in [4.78, 5) is 8.80. The lowest BCUT2D eigenvalue weighted by atomic mass is 9.91. The number of likely N-dealkylation sites (N-methyl/N-ethyl adjacent to an activating group) is 1. The van der Waals surface area contributed by atoms with Crippen molar-refractivity contribution in [1.29, 1.82) is 0 Å². The number of benzene rings is 1. The second-order valence-corrected chi connectivity index (χ2v) is 6.33. The molecule has 0 saturated carbocycles. The number of nitrogens with two attached hydrogens (primary N) is 1. The zero-order valence-corrected chi connectivity index (χ0v) is 13.3. The second kappa shape index (κ2) is 5.51. The molecule has 1 atom stereocenters. The van der Waals surface area contributed by atoms with Crippen molar-refractivity contribution in [3.63, 3.8) is 0 Å². The fourth-order valence-electron chi connectivity index (χ4n) is 2.39. The number of hydrogen-bond acceptors (Lipinski definition) is 4. The van der Waals surface area contributed by atoms with Gasteiger partial charge in [-0.15, -0.1) is 0 Å². The highest BCUT2D eigenvalue weighted by Gasteiger charge is 2.39. The molecule has 4 nitrogen and oxygen atoms in total. The topological polar surface area (TPSA) is 44.9 Å². The van der Waals surface area contributed by atoms with E-state index in [0.29, 0.717) is 12.5 Å². The molecular formula is C14H21BrN4. The van der Waals surface area contributed by atoms with Crippen LogP contribution in [0.5, 0.6) is 0 Å². The molecule has 5 heteroatoms. The van der Waals surface area contributed by atoms with E-state index >= 15 is 0 Å². The van der Waals surface area contributed by atoms with Gasteiger partial charge in [0.2, 0.25) is 0 Å². The van der Waals surface area contributed by atoms with Crippen LogP contribution in [0.3, 0.4) is 0 Å². The summed E-state index contributed by atoms with van der Waals surface area (Å²) in [5.74, 6) is 0.643. The van der Waals surface area contributed by atoms with E-state index in [0.717, 1.165) is 17.6 Å². The van der Waals surface area contributed by atoms with Gasteiger partial charge in [-0.1, -0.05) is 28.1 Å². The highest BCUT2D eigenvalue weighted by atomic mass is 79.9. The molecule has 1 aromatic carbocycles. The van der Waals surface area contributed by atoms with Crippen molar-refractivity contribution in [2.75, 3.05) is 33.7 Å². The normalized spacial score (nSPS) is 23.0. The molecule has 1 aromatic rings. The molecular weight excluding hydrogens is 304 g/mol. The van der Waals surface area contributed by atoms with Crippen LogP contribution in [0.4, 0.5) is 0 Å². The molecule has 0 saturated heterocycles. The van der Waals surface area contributed by atoms with E-state index in [1.165, 1.54) is 5.56 Å². The number of rotatable bonds is 4. The molecule has 0 bridgehead atoms. The molecule has 0 fully saturated rings. The lowest BCUT2D eigenvalue weighted by Gasteiger charge is -2.37. The minimum Gasteiger partial charge on any atom is -0.370 e. The number of halogens is 1. The molecule has 0 amide bonds. The first-order chi connectivity index (χ1) is 8.93. The first kappa shape index (κ1) is 14.3. The summed E-state index contributed by atoms with van der Waals surface area (Å²) < 4.78 is 1.09. The van der Waals surface area contributed by atoms with Gasteiger partial charge in [0.15, 0.2) is 5.96 Å². The fourth-order valence-corrected chi connectivity index (χ4v) is 2.79. The molecule has 2 rings (SSSR count). The van der Waals surface area contributed by atoms with Crippen LogP contribution in [0.25, 0.3) is 0 Å². The largest absolute Gasteiger partial charge is 0.370 e. The monoisotopic (exact) mass is 324 g/mol. The summed E-state index contributed by atoms with van der Waals surface area (Å²) in [5, 5.41) is 0. The zero-order valence-electron chi connectivity index (χ0n) is 11.7. The van der Waals surface area contributed by atoms with Crippen LogP contribution in [-0.2, 0) is 5.54 Å². The lowest BCUT2D eigenvalue weighted by Crippen LogP contribution is -2.49. The second-order valence-electron chi connectivity index (χ2n) is 5.41. The SMILES string of the molecule is CN(C)CCN1C(N)=NCC1(C)c1cccc(Br)c1. The summed E-state index contributed by atoms with van der Waals surface area (Å²) in [6, 6.07) is 8.39. The van der Waals surface area contributed by atoms with Crippen LogP contribution in [0.1, 0.15) is 12.5 Å². The van der Waals surface area contributed by atoms with Crippen molar-refractivity contribution in [1.82, 2.24) is 9.80 Å². The van der Waals surface area contributed by atoms with Crippen molar-refractivity contribution < 1.29 is 0 Å². The van der Waals surface area contributed by atoms with Crippen LogP contribution in [0, 0.1) is 0 Å². The Morgan fingerprint density at radius 1 is 1.47 bits per heavy atom. The van der Waals surface area contributed by atoms with Gasteiger partial charge in [0, 0.05) is 17.6 Å². The third kappa shape index (κ3) is 2.92. The Balaban J connectivity index is 2.26. The summed E-state index contributed by atoms with van der Waals surface area (Å²) in [6.07, 6.45) is 0. The molecule has 0 spiro atoms. The van der Waals surface area contributed by atoms with Crippen molar-refractivity contribution >= 4 is 21.9 Å². The van der Waals surface area contributed by atoms with E-state index in [-0.39, 0.29) is 5.54 Å². The highest BCUT2D eigenvalue weighted by Crippen LogP contribution is 2.33. The van der Waals surface area contributed by atoms with Crippen LogP contribution in [0.2, 0.25) is 0 Å². The van der Waals surface area contributed by atoms with Gasteiger partial charge < -0.3 is 15.5 Å². The van der Waals surface area contributed by atoms with E-state index in [1.807, 2.05) is 6.07 Å². The van der Waals surface area contributed by atoms with Crippen LogP contribution in [-0.4, -0.2) is 49.5 Å². The van der Waals surface area contributed by atoms with E-state index < -0.39 is 0 Å². The van der Waals surface area contributed by atoms with E-state index in [9.17, 15) is 0 Å². The van der Waals surface area contributed by atoms with Crippen molar-refractivity contribution in [2.45, 2.75) is 12.5 Å². The molecule has 104 valence electrons. The number of hydrogen-bond donors (Lipinski definition) is 1. The Labute approximate surface area is 123 Å². The Morgan fingerprint density at radius 2 is 2.21 bits per heavy atom. The van der Waals surface area contributed by atoms with Crippen molar-refractivity contribution in [3.8, 4) is 0 Å². The average molecular weight is 325 g/mol. The molecule has 0 aliphatic carbocycles. The average Bonchev–Trinajstić information content (AvgIpc) is 2.64. The molecule has 1 heterocycles. The number of nitrogens with zero attached hydrogens (tertiary/aromatic N) is 3. The van der Waals surface area contributed by atoms with Gasteiger partial charge in [-0.2, -0.15) is 0 Å². The zero-order chi connectivity index (χ0) is 14.0. The number of guanidine groups is 1. The van der Waals surface area contributed by atoms with Crippen LogP contribution < -0.4 is 5.73 Å². The highest BCUT2D eigenvalue weighted by molar-refractivity contribution is 9.10. The van der Waals surface area contributed by atoms with Crippen molar-refractivity contribution in [2.24, 2.45) is 10.7 Å². The first-order valence-electron chi connectivity index (χ1n) is 6.42. The summed E-state index contributed by atoms with van der Waals surface area (Å²) in [7, 11) is 4.14. The van der Waals surface area contributed by atoms with Crippen LogP contribution >= 0.6 is 15.9 Å². The standard InChI is InChI=1S/C14H21BrN4/c1-14(11-5-4-6-12(15)9-11)10-17-13(16)19(14)8-7-18(2)3/h4-6,9H,7-8,10H2,1-3H3,(H2,16,17). The smallest absolute Gasteiger partial charge is 0.192 e. The van der Waals surface area contributed by atoms with Gasteiger partial charge in [0.25, 0.3) is 0 Å². The Kier molecular flexibility index (Phi) is 4.16. The maximum atomic E-state index is 6.06. The molecule has 1 unspecified atom stereocenters. The maximum absolute atomic E-state index is 6.06. The molecule has 1 aliphatic heterocycles. The quantitative estimate of drug-likeness (QED) is 0.919. The van der Waals surface area contributed by atoms with Crippen molar-refractivity contribution in [3.05, 3.63) is 34.3 Å². The molecule has 0 aromatic heterocycles. The molecule has 2 N–H and O–H groups in total. The van der Waals surface area contributed by atoms with Gasteiger partial charge in [0.1, 0.15) is 0 Å². The summed E-state index contributed by atoms with van der Waals surface area (Å²) in [5.41, 5.74) is 7.15. The third-order valence-electron chi connectivity index (χ3n) is 3.64. The summed E-state index contributed by atoms with van der Waals surface area (Å²) in [6.45, 7) is 4.75. The maximum Gasteiger partial charge on any atom is 0.192 e. The molecule has 0 radical (unpaired) electrons. The minimum atomic E-state index is -0.149. The predicted octanol–water partition coefficient (Wildman–Crippen LogP) is 1.86. The first-order valence-corrected chi connectivity index (χ1v) is 7.21. The predicted molar refractivity (Wildman–Crippen MR) is 83.2 cm³/mol. The van der Waals surface area contributed by atoms with Crippen LogP contribution in [0.15, 0.2) is 33.7 Å². The van der Waals surface area contributed by atoms with E-state index in [2.05, 4.69) is 69.9 Å². The van der Waals surface area contributed by atoms with E-state index in [1.54, 1.807) is 0 Å². The third-order valence-corrected chi connectivity index (χ3v) is 4.13. The molecule has 19 heavy (non-hydrogen) atoms. The minimum absolute atomic E-state index is 0.149. The van der Waals surface area contributed by atoms with Gasteiger partial charge in [-0.3, -0.25) is 4.99 Å². The van der Waals surface area contributed by atoms with Gasteiger partial charge in [0.05, 0.1) is 12.1 Å². The van der Waals surface area contributed by atoms with Gasteiger partial charge in [-0.25, -0.2) is 0 Å². The summed E-state index contributed by atoms with van der Waals surface area (Å²) >= 11 is 3.54. The Morgan fingerprint density at radius 3 is 2.84 bits per heavy atom.